The quantitative estimate of drug-likeness (QED) is 0.158. The van der Waals surface area contributed by atoms with E-state index in [-0.39, 0.29) is 0 Å². The van der Waals surface area contributed by atoms with Crippen molar-refractivity contribution >= 4 is 60.4 Å². The van der Waals surface area contributed by atoms with Crippen LogP contribution in [0.1, 0.15) is 43.6 Å². The molecule has 1 heterocycles. The van der Waals surface area contributed by atoms with Crippen LogP contribution >= 0.6 is 0 Å². The van der Waals surface area contributed by atoms with Crippen LogP contribution in [-0.4, -0.2) is 4.57 Å². The molecule has 0 N–H and O–H groups in total. The summed E-state index contributed by atoms with van der Waals surface area (Å²) < 4.78 is 2.40. The van der Waals surface area contributed by atoms with E-state index in [9.17, 15) is 0 Å². The number of fused-ring (bicyclic) bond motifs is 5. The van der Waals surface area contributed by atoms with Crippen LogP contribution in [-0.2, 0) is 0 Å². The number of para-hydroxylation sites is 3. The molecule has 11 rings (SSSR count). The number of hydrogen-bond acceptors (Lipinski definition) is 1. The first-order valence-electron chi connectivity index (χ1n) is 20.9. The zero-order valence-electron chi connectivity index (χ0n) is 32.6. The summed E-state index contributed by atoms with van der Waals surface area (Å²) in [6.07, 6.45) is 6.50. The van der Waals surface area contributed by atoms with Gasteiger partial charge in [0.25, 0.3) is 0 Å². The highest BCUT2D eigenvalue weighted by molar-refractivity contribution is 6.16. The molecule has 1 aliphatic rings. The molecule has 0 spiro atoms. The van der Waals surface area contributed by atoms with E-state index >= 15 is 0 Å². The van der Waals surface area contributed by atoms with Crippen molar-refractivity contribution in [1.29, 1.82) is 0 Å². The largest absolute Gasteiger partial charge is 0.310 e. The van der Waals surface area contributed by atoms with Crippen LogP contribution in [0.2, 0.25) is 0 Å². The Balaban J connectivity index is 1.14. The first-order valence-corrected chi connectivity index (χ1v) is 20.9. The first kappa shape index (κ1) is 34.4. The number of benzene rings is 9. The maximum absolute atomic E-state index is 2.49. The molecule has 0 unspecified atom stereocenters. The monoisotopic (exact) mass is 744 g/mol. The fraction of sp³-hybridized carbons (Fsp3) is 0.107. The van der Waals surface area contributed by atoms with Crippen LogP contribution in [0, 0.1) is 0 Å². The summed E-state index contributed by atoms with van der Waals surface area (Å²) in [7, 11) is 0. The lowest BCUT2D eigenvalue weighted by atomic mass is 9.80. The number of nitrogens with zero attached hydrogens (tertiary/aromatic N) is 2. The van der Waals surface area contributed by atoms with Gasteiger partial charge in [-0.2, -0.15) is 0 Å². The number of aromatic nitrogens is 1. The molecular weight excluding hydrogens is 701 g/mol. The molecule has 10 aromatic rings. The van der Waals surface area contributed by atoms with Crippen LogP contribution in [0.15, 0.2) is 200 Å². The summed E-state index contributed by atoms with van der Waals surface area (Å²) in [5.74, 6) is 0.592. The van der Waals surface area contributed by atoms with Gasteiger partial charge in [-0.25, -0.2) is 0 Å². The van der Waals surface area contributed by atoms with Gasteiger partial charge in [-0.1, -0.05) is 165 Å². The fourth-order valence-corrected chi connectivity index (χ4v) is 9.92. The minimum absolute atomic E-state index is 0.592. The van der Waals surface area contributed by atoms with Crippen molar-refractivity contribution in [2.24, 2.45) is 0 Å². The van der Waals surface area contributed by atoms with Crippen molar-refractivity contribution in [3.8, 4) is 27.9 Å². The highest BCUT2D eigenvalue weighted by atomic mass is 15.1. The molecule has 1 fully saturated rings. The Bertz CT molecular complexity index is 3110. The summed E-state index contributed by atoms with van der Waals surface area (Å²) in [4.78, 5) is 2.49. The average Bonchev–Trinajstić information content (AvgIpc) is 3.64. The molecule has 278 valence electrons. The Morgan fingerprint density at radius 1 is 0.414 bits per heavy atom. The van der Waals surface area contributed by atoms with E-state index in [2.05, 4.69) is 210 Å². The van der Waals surface area contributed by atoms with Crippen molar-refractivity contribution < 1.29 is 0 Å². The average molecular weight is 745 g/mol. The lowest BCUT2D eigenvalue weighted by Gasteiger charge is -2.29. The predicted molar refractivity (Wildman–Crippen MR) is 247 cm³/mol. The Morgan fingerprint density at radius 3 is 1.97 bits per heavy atom. The second-order valence-corrected chi connectivity index (χ2v) is 15.9. The summed E-state index contributed by atoms with van der Waals surface area (Å²) in [6.45, 7) is 0. The molecule has 1 saturated carbocycles. The Hall–Kier alpha value is -6.90. The van der Waals surface area contributed by atoms with Gasteiger partial charge in [-0.3, -0.25) is 0 Å². The molecule has 1 aromatic heterocycles. The Morgan fingerprint density at radius 2 is 1.07 bits per heavy atom. The molecule has 0 amide bonds. The molecule has 2 heteroatoms. The number of hydrogen-bond donors (Lipinski definition) is 0. The maximum atomic E-state index is 2.49. The second kappa shape index (κ2) is 14.6. The van der Waals surface area contributed by atoms with E-state index in [0.717, 1.165) is 11.4 Å². The van der Waals surface area contributed by atoms with Crippen molar-refractivity contribution in [3.63, 3.8) is 0 Å². The highest BCUT2D eigenvalue weighted by Crippen LogP contribution is 2.47. The van der Waals surface area contributed by atoms with E-state index in [4.69, 9.17) is 0 Å². The second-order valence-electron chi connectivity index (χ2n) is 15.9. The number of rotatable bonds is 7. The van der Waals surface area contributed by atoms with Crippen LogP contribution in [0.25, 0.3) is 71.3 Å². The molecule has 2 nitrogen and oxygen atoms in total. The van der Waals surface area contributed by atoms with Gasteiger partial charge in [0.05, 0.1) is 16.7 Å². The first-order chi connectivity index (χ1) is 28.8. The van der Waals surface area contributed by atoms with Crippen molar-refractivity contribution in [2.75, 3.05) is 4.90 Å². The summed E-state index contributed by atoms with van der Waals surface area (Å²) in [6, 6.07) is 74.0. The molecule has 0 saturated heterocycles. The van der Waals surface area contributed by atoms with E-state index in [1.165, 1.54) is 115 Å². The van der Waals surface area contributed by atoms with Gasteiger partial charge < -0.3 is 9.47 Å². The van der Waals surface area contributed by atoms with Gasteiger partial charge in [0.15, 0.2) is 0 Å². The Labute approximate surface area is 340 Å². The zero-order chi connectivity index (χ0) is 38.4. The third kappa shape index (κ3) is 5.87. The van der Waals surface area contributed by atoms with Crippen LogP contribution in [0.3, 0.4) is 0 Å². The van der Waals surface area contributed by atoms with Crippen LogP contribution < -0.4 is 4.90 Å². The van der Waals surface area contributed by atoms with Gasteiger partial charge in [-0.15, -0.1) is 0 Å². The van der Waals surface area contributed by atoms with E-state index in [0.29, 0.717) is 5.92 Å². The molecule has 0 radical (unpaired) electrons. The topological polar surface area (TPSA) is 8.17 Å². The summed E-state index contributed by atoms with van der Waals surface area (Å²) in [5.41, 5.74) is 13.5. The third-order valence-corrected chi connectivity index (χ3v) is 12.5. The molecule has 1 aliphatic carbocycles. The van der Waals surface area contributed by atoms with E-state index < -0.39 is 0 Å². The molecule has 0 aliphatic heterocycles. The van der Waals surface area contributed by atoms with Crippen LogP contribution in [0.5, 0.6) is 0 Å². The van der Waals surface area contributed by atoms with Crippen molar-refractivity contribution in [1.82, 2.24) is 4.57 Å². The van der Waals surface area contributed by atoms with Gasteiger partial charge in [0.1, 0.15) is 0 Å². The lowest BCUT2D eigenvalue weighted by Crippen LogP contribution is -2.11. The molecule has 58 heavy (non-hydrogen) atoms. The van der Waals surface area contributed by atoms with Gasteiger partial charge >= 0.3 is 0 Å². The fourth-order valence-electron chi connectivity index (χ4n) is 9.92. The molecule has 0 atom stereocenters. The normalized spacial score (nSPS) is 13.4. The smallest absolute Gasteiger partial charge is 0.0547 e. The maximum Gasteiger partial charge on any atom is 0.0547 e. The standard InChI is InChI=1S/C56H44N2/c1-3-18-40(19-4-1)47-29-14-21-41-22-15-31-50(55(41)47)49-27-9-11-32-52(49)57(46-36-35-39-17-7-8-20-42(39)37-46)45-26-13-23-43(38-45)48-30-16-34-54-56(48)51-28-10-12-33-53(51)58(54)44-24-5-2-6-25-44/h2,5-17,20-38,40H,1,3-4,18-19H2. The summed E-state index contributed by atoms with van der Waals surface area (Å²) >= 11 is 0. The number of anilines is 3. The SMILES string of the molecule is c1ccc(-n2c3ccccc3c3c(-c4cccc(N(c5ccc6ccccc6c5)c5ccccc5-c5cccc6cccc(C7CCCCC7)c56)c4)cccc32)cc1. The minimum atomic E-state index is 0.592. The molecule has 0 bridgehead atoms. The van der Waals surface area contributed by atoms with Crippen molar-refractivity contribution in [2.45, 2.75) is 38.0 Å². The van der Waals surface area contributed by atoms with Gasteiger partial charge in [0, 0.05) is 33.4 Å². The van der Waals surface area contributed by atoms with Crippen LogP contribution in [0.4, 0.5) is 17.1 Å². The third-order valence-electron chi connectivity index (χ3n) is 12.5. The highest BCUT2D eigenvalue weighted by Gasteiger charge is 2.24. The minimum Gasteiger partial charge on any atom is -0.310 e. The predicted octanol–water partition coefficient (Wildman–Crippen LogP) is 15.9. The van der Waals surface area contributed by atoms with E-state index in [1.54, 1.807) is 0 Å². The van der Waals surface area contributed by atoms with Gasteiger partial charge in [0.2, 0.25) is 0 Å². The van der Waals surface area contributed by atoms with E-state index in [1.807, 2.05) is 0 Å². The summed E-state index contributed by atoms with van der Waals surface area (Å²) in [5, 5.41) is 7.70. The molecule has 9 aromatic carbocycles. The zero-order valence-corrected chi connectivity index (χ0v) is 32.6. The molecular formula is C56H44N2. The van der Waals surface area contributed by atoms with Gasteiger partial charge in [-0.05, 0) is 117 Å². The lowest BCUT2D eigenvalue weighted by molar-refractivity contribution is 0.445. The van der Waals surface area contributed by atoms with Crippen molar-refractivity contribution in [3.05, 3.63) is 206 Å². The Kier molecular flexibility index (Phi) is 8.62.